The predicted octanol–water partition coefficient (Wildman–Crippen LogP) is 4.26. The average molecular weight is 392 g/mol. The molecule has 1 N–H and O–H groups in total. The summed E-state index contributed by atoms with van der Waals surface area (Å²) in [6.45, 7) is 0. The van der Waals surface area contributed by atoms with Gasteiger partial charge in [0.25, 0.3) is 0 Å². The van der Waals surface area contributed by atoms with Crippen LogP contribution in [-0.2, 0) is 11.2 Å². The summed E-state index contributed by atoms with van der Waals surface area (Å²) in [5.41, 5.74) is 0.0317. The van der Waals surface area contributed by atoms with E-state index in [2.05, 4.69) is 20.4 Å². The minimum absolute atomic E-state index is 0.0317. The van der Waals surface area contributed by atoms with E-state index in [0.717, 1.165) is 22.3 Å². The van der Waals surface area contributed by atoms with E-state index in [4.69, 9.17) is 4.52 Å². The molecule has 0 aliphatic heterocycles. The number of aryl methyl sites for hydroxylation is 1. The van der Waals surface area contributed by atoms with Gasteiger partial charge in [-0.05, 0) is 17.5 Å². The number of rotatable bonds is 5. The number of thiazole rings is 1. The summed E-state index contributed by atoms with van der Waals surface area (Å²) in [7, 11) is 0. The maximum Gasteiger partial charge on any atom is 0.227 e. The van der Waals surface area contributed by atoms with Crippen molar-refractivity contribution in [3.8, 4) is 10.7 Å². The van der Waals surface area contributed by atoms with Crippen LogP contribution >= 0.6 is 22.7 Å². The summed E-state index contributed by atoms with van der Waals surface area (Å²) in [5.74, 6) is -0.945. The summed E-state index contributed by atoms with van der Waals surface area (Å²) < 4.78 is 32.3. The first kappa shape index (κ1) is 16.7. The minimum atomic E-state index is -0.760. The number of thiophene rings is 1. The van der Waals surface area contributed by atoms with Crippen molar-refractivity contribution in [3.63, 3.8) is 0 Å². The van der Waals surface area contributed by atoms with E-state index in [0.29, 0.717) is 16.4 Å². The zero-order chi connectivity index (χ0) is 18.1. The van der Waals surface area contributed by atoms with Crippen molar-refractivity contribution >= 4 is 43.9 Å². The summed E-state index contributed by atoms with van der Waals surface area (Å²) in [4.78, 5) is 21.1. The van der Waals surface area contributed by atoms with E-state index in [1.165, 1.54) is 17.4 Å². The second-order valence-corrected chi connectivity index (χ2v) is 7.27. The van der Waals surface area contributed by atoms with Gasteiger partial charge in [-0.15, -0.1) is 11.3 Å². The third-order valence-corrected chi connectivity index (χ3v) is 5.22. The van der Waals surface area contributed by atoms with Crippen LogP contribution in [-0.4, -0.2) is 21.0 Å². The number of nitrogens with one attached hydrogen (secondary N) is 1. The van der Waals surface area contributed by atoms with Crippen molar-refractivity contribution in [2.75, 3.05) is 5.32 Å². The van der Waals surface area contributed by atoms with E-state index in [-0.39, 0.29) is 29.4 Å². The molecular weight excluding hydrogens is 382 g/mol. The highest BCUT2D eigenvalue weighted by Gasteiger charge is 2.14. The van der Waals surface area contributed by atoms with Gasteiger partial charge in [0.15, 0.2) is 10.9 Å². The lowest BCUT2D eigenvalue weighted by atomic mass is 10.3. The van der Waals surface area contributed by atoms with Crippen molar-refractivity contribution in [1.82, 2.24) is 15.1 Å². The first-order chi connectivity index (χ1) is 12.6. The molecular formula is C16H10F2N4O2S2. The molecule has 0 aliphatic rings. The van der Waals surface area contributed by atoms with Gasteiger partial charge in [0.1, 0.15) is 11.3 Å². The van der Waals surface area contributed by atoms with Gasteiger partial charge in [-0.1, -0.05) is 22.6 Å². The predicted molar refractivity (Wildman–Crippen MR) is 94.1 cm³/mol. The highest BCUT2D eigenvalue weighted by molar-refractivity contribution is 7.22. The zero-order valence-corrected chi connectivity index (χ0v) is 14.7. The molecule has 0 saturated carbocycles. The molecule has 10 heteroatoms. The Kier molecular flexibility index (Phi) is 4.43. The molecule has 1 aromatic carbocycles. The van der Waals surface area contributed by atoms with Crippen LogP contribution in [0.25, 0.3) is 20.9 Å². The Morgan fingerprint density at radius 3 is 2.96 bits per heavy atom. The second kappa shape index (κ2) is 6.89. The van der Waals surface area contributed by atoms with Crippen LogP contribution in [0.2, 0.25) is 0 Å². The van der Waals surface area contributed by atoms with E-state index >= 15 is 0 Å². The van der Waals surface area contributed by atoms with Crippen molar-refractivity contribution in [1.29, 1.82) is 0 Å². The number of fused-ring (bicyclic) bond motifs is 1. The van der Waals surface area contributed by atoms with Gasteiger partial charge < -0.3 is 9.84 Å². The summed E-state index contributed by atoms with van der Waals surface area (Å²) in [6.07, 6.45) is 0.358. The van der Waals surface area contributed by atoms with Crippen LogP contribution in [0, 0.1) is 11.6 Å². The summed E-state index contributed by atoms with van der Waals surface area (Å²) >= 11 is 2.50. The molecule has 0 aliphatic carbocycles. The summed E-state index contributed by atoms with van der Waals surface area (Å²) in [6, 6.07) is 5.70. The number of anilines is 1. The smallest absolute Gasteiger partial charge is 0.227 e. The molecule has 0 fully saturated rings. The Labute approximate surface area is 153 Å². The van der Waals surface area contributed by atoms with Gasteiger partial charge >= 0.3 is 0 Å². The number of nitrogens with zero attached hydrogens (tertiary/aromatic N) is 3. The largest absolute Gasteiger partial charge is 0.339 e. The number of amides is 1. The Morgan fingerprint density at radius 2 is 2.15 bits per heavy atom. The molecule has 0 saturated heterocycles. The lowest BCUT2D eigenvalue weighted by Crippen LogP contribution is -2.12. The Bertz CT molecular complexity index is 1080. The highest BCUT2D eigenvalue weighted by Crippen LogP contribution is 2.28. The molecule has 3 heterocycles. The van der Waals surface area contributed by atoms with Crippen LogP contribution in [0.3, 0.4) is 0 Å². The lowest BCUT2D eigenvalue weighted by Gasteiger charge is -1.98. The number of halogens is 2. The normalized spacial score (nSPS) is 11.2. The number of carbonyl (C=O) groups excluding carboxylic acids is 1. The SMILES string of the molecule is O=C(CCc1nc(-c2cccs2)no1)Nc1nc2c(F)cc(F)cc2s1. The quantitative estimate of drug-likeness (QED) is 0.549. The Balaban J connectivity index is 1.39. The fraction of sp³-hybridized carbons (Fsp3) is 0.125. The Hall–Kier alpha value is -2.72. The molecule has 26 heavy (non-hydrogen) atoms. The van der Waals surface area contributed by atoms with E-state index in [1.54, 1.807) is 0 Å². The second-order valence-electron chi connectivity index (χ2n) is 5.29. The molecule has 4 rings (SSSR count). The first-order valence-corrected chi connectivity index (χ1v) is 9.20. The third kappa shape index (κ3) is 3.46. The zero-order valence-electron chi connectivity index (χ0n) is 13.0. The fourth-order valence-corrected chi connectivity index (χ4v) is 3.85. The van der Waals surface area contributed by atoms with Gasteiger partial charge in [-0.25, -0.2) is 13.8 Å². The maximum atomic E-state index is 13.7. The maximum absolute atomic E-state index is 13.7. The van der Waals surface area contributed by atoms with Gasteiger partial charge in [0, 0.05) is 18.9 Å². The van der Waals surface area contributed by atoms with E-state index in [9.17, 15) is 13.6 Å². The van der Waals surface area contributed by atoms with Gasteiger partial charge in [0.05, 0.1) is 9.58 Å². The third-order valence-electron chi connectivity index (χ3n) is 3.44. The van der Waals surface area contributed by atoms with Crippen LogP contribution in [0.5, 0.6) is 0 Å². The molecule has 0 unspecified atom stereocenters. The fourth-order valence-electron chi connectivity index (χ4n) is 2.28. The number of benzene rings is 1. The standard InChI is InChI=1S/C16H10F2N4O2S2/c17-8-6-9(18)14-11(7-8)26-16(21-14)19-12(23)3-4-13-20-15(22-24-13)10-2-1-5-25-10/h1-2,5-7H,3-4H2,(H,19,21,23). The topological polar surface area (TPSA) is 80.9 Å². The van der Waals surface area contributed by atoms with Gasteiger partial charge in [0.2, 0.25) is 17.6 Å². The van der Waals surface area contributed by atoms with Crippen molar-refractivity contribution in [2.45, 2.75) is 12.8 Å². The molecule has 132 valence electrons. The Morgan fingerprint density at radius 1 is 1.27 bits per heavy atom. The molecule has 0 spiro atoms. The molecule has 1 amide bonds. The average Bonchev–Trinajstić information content (AvgIpc) is 3.32. The van der Waals surface area contributed by atoms with Crippen molar-refractivity contribution in [3.05, 3.63) is 47.2 Å². The van der Waals surface area contributed by atoms with Crippen molar-refractivity contribution < 1.29 is 18.1 Å². The van der Waals surface area contributed by atoms with Crippen molar-refractivity contribution in [2.24, 2.45) is 0 Å². The molecule has 0 bridgehead atoms. The van der Waals surface area contributed by atoms with Gasteiger partial charge in [-0.2, -0.15) is 4.98 Å². The summed E-state index contributed by atoms with van der Waals surface area (Å²) in [5, 5.41) is 8.56. The van der Waals surface area contributed by atoms with Crippen LogP contribution in [0.1, 0.15) is 12.3 Å². The number of carbonyl (C=O) groups is 1. The monoisotopic (exact) mass is 392 g/mol. The van der Waals surface area contributed by atoms with E-state index in [1.807, 2.05) is 17.5 Å². The molecule has 0 atom stereocenters. The minimum Gasteiger partial charge on any atom is -0.339 e. The molecule has 6 nitrogen and oxygen atoms in total. The number of aromatic nitrogens is 3. The highest BCUT2D eigenvalue weighted by atomic mass is 32.1. The van der Waals surface area contributed by atoms with Crippen LogP contribution < -0.4 is 5.32 Å². The number of hydrogen-bond donors (Lipinski definition) is 1. The van der Waals surface area contributed by atoms with Crippen LogP contribution in [0.15, 0.2) is 34.2 Å². The van der Waals surface area contributed by atoms with Crippen LogP contribution in [0.4, 0.5) is 13.9 Å². The van der Waals surface area contributed by atoms with E-state index < -0.39 is 11.6 Å². The number of hydrogen-bond acceptors (Lipinski definition) is 7. The van der Waals surface area contributed by atoms with Gasteiger partial charge in [-0.3, -0.25) is 4.79 Å². The molecule has 3 aromatic heterocycles. The molecule has 0 radical (unpaired) electrons. The first-order valence-electron chi connectivity index (χ1n) is 7.50. The molecule has 4 aromatic rings. The lowest BCUT2D eigenvalue weighted by molar-refractivity contribution is -0.116.